The van der Waals surface area contributed by atoms with Gasteiger partial charge in [0.1, 0.15) is 12.1 Å². The number of aliphatic imine (C=N–C) groups is 2. The van der Waals surface area contributed by atoms with Gasteiger partial charge in [-0.25, -0.2) is 4.79 Å². The first-order valence-electron chi connectivity index (χ1n) is 14.4. The third-order valence-corrected chi connectivity index (χ3v) is 7.31. The fourth-order valence-electron chi connectivity index (χ4n) is 4.49. The van der Waals surface area contributed by atoms with Crippen LogP contribution >= 0.6 is 15.9 Å². The van der Waals surface area contributed by atoms with Crippen LogP contribution in [0.3, 0.4) is 0 Å². The van der Waals surface area contributed by atoms with Crippen molar-refractivity contribution in [3.05, 3.63) is 76.3 Å². The normalized spacial score (nSPS) is 11.9. The van der Waals surface area contributed by atoms with Gasteiger partial charge in [-0.2, -0.15) is 0 Å². The summed E-state index contributed by atoms with van der Waals surface area (Å²) >= 11 is 3.28. The molecule has 0 aromatic heterocycles. The maximum absolute atomic E-state index is 13.4. The number of benzene rings is 3. The van der Waals surface area contributed by atoms with E-state index in [1.54, 1.807) is 24.3 Å². The molecule has 47 heavy (non-hydrogen) atoms. The largest absolute Gasteiger partial charge is 0.480 e. The molecule has 0 saturated carbocycles. The van der Waals surface area contributed by atoms with Crippen LogP contribution in [0.1, 0.15) is 46.4 Å². The minimum Gasteiger partial charge on any atom is -0.480 e. The lowest BCUT2D eigenvalue weighted by molar-refractivity contribution is -0.142. The number of halogens is 1. The van der Waals surface area contributed by atoms with E-state index in [4.69, 9.17) is 22.9 Å². The van der Waals surface area contributed by atoms with Gasteiger partial charge in [0.15, 0.2) is 11.9 Å². The first-order valence-corrected chi connectivity index (χ1v) is 15.2. The van der Waals surface area contributed by atoms with Gasteiger partial charge in [-0.3, -0.25) is 29.2 Å². The fourth-order valence-corrected chi connectivity index (χ4v) is 4.85. The summed E-state index contributed by atoms with van der Waals surface area (Å²) in [7, 11) is 0. The highest BCUT2D eigenvalue weighted by Crippen LogP contribution is 2.24. The van der Waals surface area contributed by atoms with E-state index >= 15 is 0 Å². The van der Waals surface area contributed by atoms with E-state index in [0.717, 1.165) is 10.8 Å². The van der Waals surface area contributed by atoms with Crippen molar-refractivity contribution in [1.29, 1.82) is 0 Å². The Morgan fingerprint density at radius 2 is 1.38 bits per heavy atom. The molecule has 12 N–H and O–H groups in total. The van der Waals surface area contributed by atoms with Crippen LogP contribution in [0, 0.1) is 0 Å². The molecule has 0 heterocycles. The molecule has 0 fully saturated rings. The number of carboxylic acid groups (broad SMARTS) is 1. The second-order valence-corrected chi connectivity index (χ2v) is 11.3. The summed E-state index contributed by atoms with van der Waals surface area (Å²) in [5, 5.41) is 18.9. The number of fused-ring (bicyclic) bond motifs is 1. The molecule has 248 valence electrons. The number of nitrogens with one attached hydrogen (secondary N) is 3. The van der Waals surface area contributed by atoms with E-state index in [0.29, 0.717) is 10.0 Å². The van der Waals surface area contributed by atoms with Gasteiger partial charge in [0.2, 0.25) is 5.91 Å². The third kappa shape index (κ3) is 11.1. The zero-order chi connectivity index (χ0) is 34.5. The number of hydrogen-bond donors (Lipinski definition) is 8. The molecule has 0 spiro atoms. The van der Waals surface area contributed by atoms with Crippen LogP contribution < -0.4 is 38.9 Å². The number of hydrogen-bond acceptors (Lipinski definition) is 7. The Labute approximate surface area is 278 Å². The van der Waals surface area contributed by atoms with Crippen LogP contribution in [-0.2, 0) is 14.4 Å². The zero-order valence-corrected chi connectivity index (χ0v) is 26.8. The molecule has 16 heteroatoms. The number of carbonyl (C=O) groups is 5. The molecule has 0 saturated heterocycles. The van der Waals surface area contributed by atoms with Gasteiger partial charge in [0.25, 0.3) is 17.6 Å². The van der Waals surface area contributed by atoms with E-state index < -0.39 is 41.6 Å². The Bertz CT molecular complexity index is 1700. The molecule has 0 aliphatic heterocycles. The topological polar surface area (TPSA) is 270 Å². The molecule has 2 atom stereocenters. The summed E-state index contributed by atoms with van der Waals surface area (Å²) < 4.78 is 0.453. The van der Waals surface area contributed by atoms with E-state index in [2.05, 4.69) is 41.9 Å². The maximum Gasteiger partial charge on any atom is 0.326 e. The Kier molecular flexibility index (Phi) is 13.2. The van der Waals surface area contributed by atoms with Crippen molar-refractivity contribution in [1.82, 2.24) is 10.6 Å². The average molecular weight is 711 g/mol. The number of Topliss-reactive ketones (excluding diaryl/α,β-unsaturated/α-hetero) is 1. The lowest BCUT2D eigenvalue weighted by Gasteiger charge is -2.21. The zero-order valence-electron chi connectivity index (χ0n) is 25.2. The number of aliphatic carboxylic acids is 1. The third-order valence-electron chi connectivity index (χ3n) is 6.82. The molecule has 3 rings (SSSR count). The SMILES string of the molecule is NC(N)=NCCC[C@H](NC(=O)[C@H](CCCN=C(N)N)NC(=O)C(=O)c1cc(Br)ccc1NC(=O)c1ccc2ccccc2c1)C(=O)O. The summed E-state index contributed by atoms with van der Waals surface area (Å²) in [5.74, 6) is -5.21. The monoisotopic (exact) mass is 709 g/mol. The van der Waals surface area contributed by atoms with Gasteiger partial charge in [-0.1, -0.05) is 46.3 Å². The van der Waals surface area contributed by atoms with Crippen LogP contribution in [0.25, 0.3) is 10.8 Å². The number of nitrogens with zero attached hydrogens (tertiary/aromatic N) is 2. The van der Waals surface area contributed by atoms with Crippen molar-refractivity contribution in [2.24, 2.45) is 32.9 Å². The molecule has 0 bridgehead atoms. The van der Waals surface area contributed by atoms with Crippen molar-refractivity contribution in [3.63, 3.8) is 0 Å². The number of ketones is 1. The molecule has 0 unspecified atom stereocenters. The smallest absolute Gasteiger partial charge is 0.326 e. The van der Waals surface area contributed by atoms with Crippen LogP contribution in [0.2, 0.25) is 0 Å². The van der Waals surface area contributed by atoms with E-state index in [1.807, 2.05) is 24.3 Å². The average Bonchev–Trinajstić information content (AvgIpc) is 3.03. The molecule has 3 aromatic rings. The highest BCUT2D eigenvalue weighted by atomic mass is 79.9. The summed E-state index contributed by atoms with van der Waals surface area (Å²) in [4.78, 5) is 72.6. The Balaban J connectivity index is 1.79. The first-order chi connectivity index (χ1) is 22.3. The highest BCUT2D eigenvalue weighted by molar-refractivity contribution is 9.10. The number of amides is 3. The molecule has 0 aliphatic carbocycles. The first kappa shape index (κ1) is 36.0. The summed E-state index contributed by atoms with van der Waals surface area (Å²) in [6.45, 7) is 0.245. The molecule has 0 aliphatic rings. The van der Waals surface area contributed by atoms with E-state index in [9.17, 15) is 29.1 Å². The molecule has 15 nitrogen and oxygen atoms in total. The van der Waals surface area contributed by atoms with E-state index in [-0.39, 0.29) is 61.9 Å². The standard InChI is InChI=1S/C31H36BrN9O6/c32-20-11-12-22(39-26(43)19-10-9-17-5-1-2-6-18(17)15-19)21(16-20)25(42)28(45)40-23(7-3-13-37-30(33)34)27(44)41-24(29(46)47)8-4-14-38-31(35)36/h1-2,5-6,9-12,15-16,23-24H,3-4,7-8,13-14H2,(H,39,43)(H,40,45)(H,41,44)(H,46,47)(H4,33,34,37)(H4,35,36,38)/t23-,24-/m0/s1. The van der Waals surface area contributed by atoms with Crippen LogP contribution in [0.5, 0.6) is 0 Å². The molecular weight excluding hydrogens is 674 g/mol. The van der Waals surface area contributed by atoms with Crippen molar-refractivity contribution in [2.45, 2.75) is 37.8 Å². The van der Waals surface area contributed by atoms with Gasteiger partial charge in [0, 0.05) is 23.1 Å². The predicted octanol–water partition coefficient (Wildman–Crippen LogP) is 1.20. The van der Waals surface area contributed by atoms with Gasteiger partial charge in [-0.15, -0.1) is 0 Å². The molecule has 0 radical (unpaired) electrons. The van der Waals surface area contributed by atoms with Crippen molar-refractivity contribution in [2.75, 3.05) is 18.4 Å². The minimum atomic E-state index is -1.33. The highest BCUT2D eigenvalue weighted by Gasteiger charge is 2.29. The number of anilines is 1. The maximum atomic E-state index is 13.4. The number of nitrogens with two attached hydrogens (primary N) is 4. The number of rotatable bonds is 16. The van der Waals surface area contributed by atoms with Crippen molar-refractivity contribution in [3.8, 4) is 0 Å². The number of guanidine groups is 2. The molecule has 3 amide bonds. The lowest BCUT2D eigenvalue weighted by atomic mass is 10.0. The summed E-state index contributed by atoms with van der Waals surface area (Å²) in [6, 6.07) is 14.4. The number of carboxylic acids is 1. The van der Waals surface area contributed by atoms with Gasteiger partial charge in [-0.05, 0) is 66.8 Å². The second kappa shape index (κ2) is 17.3. The van der Waals surface area contributed by atoms with Crippen molar-refractivity contribution >= 4 is 73.8 Å². The summed E-state index contributed by atoms with van der Waals surface area (Å²) in [5.41, 5.74) is 21.6. The summed E-state index contributed by atoms with van der Waals surface area (Å²) in [6.07, 6.45) is 0.401. The van der Waals surface area contributed by atoms with Crippen LogP contribution in [0.15, 0.2) is 75.1 Å². The van der Waals surface area contributed by atoms with Gasteiger partial charge in [0.05, 0.1) is 11.3 Å². The van der Waals surface area contributed by atoms with Crippen LogP contribution in [0.4, 0.5) is 5.69 Å². The molecule has 3 aromatic carbocycles. The lowest BCUT2D eigenvalue weighted by Crippen LogP contribution is -2.52. The quantitative estimate of drug-likeness (QED) is 0.0346. The van der Waals surface area contributed by atoms with Crippen LogP contribution in [-0.4, -0.2) is 71.7 Å². The second-order valence-electron chi connectivity index (χ2n) is 10.4. The predicted molar refractivity (Wildman–Crippen MR) is 182 cm³/mol. The van der Waals surface area contributed by atoms with Gasteiger partial charge >= 0.3 is 5.97 Å². The Hall–Kier alpha value is -5.51. The Morgan fingerprint density at radius 3 is 2.00 bits per heavy atom. The van der Waals surface area contributed by atoms with Crippen molar-refractivity contribution < 1.29 is 29.1 Å². The molecular formula is C31H36BrN9O6. The van der Waals surface area contributed by atoms with E-state index in [1.165, 1.54) is 12.1 Å². The Morgan fingerprint density at radius 1 is 0.766 bits per heavy atom. The fraction of sp³-hybridized carbons (Fsp3) is 0.258. The minimum absolute atomic E-state index is 0.0102. The van der Waals surface area contributed by atoms with Gasteiger partial charge < -0.3 is 44.0 Å². The number of carbonyl (C=O) groups excluding carboxylic acids is 4.